The van der Waals surface area contributed by atoms with Gasteiger partial charge in [0, 0.05) is 30.0 Å². The van der Waals surface area contributed by atoms with Crippen molar-refractivity contribution >= 4 is 29.7 Å². The SMILES string of the molecule is CC(C)CCN(C(=O)N[C@@H](Cc1ccc(C(=O)c2ccccc2)cc1)C(N)=O)C(=O)[C@H](Cc1ccccc1)C[C@@H](O)[C@H](Cc1ccccc1)NC(=O)OC(C)(C)C. The Morgan fingerprint density at radius 2 is 1.21 bits per heavy atom. The minimum atomic E-state index is -1.22. The van der Waals surface area contributed by atoms with Gasteiger partial charge in [0.1, 0.15) is 11.6 Å². The number of hydrogen-bond donors (Lipinski definition) is 4. The predicted molar refractivity (Wildman–Crippen MR) is 220 cm³/mol. The van der Waals surface area contributed by atoms with Crippen LogP contribution in [0.5, 0.6) is 0 Å². The van der Waals surface area contributed by atoms with Crippen LogP contribution in [0.15, 0.2) is 115 Å². The number of benzene rings is 4. The number of primary amides is 1. The second-order valence-corrected chi connectivity index (χ2v) is 15.8. The minimum Gasteiger partial charge on any atom is -0.444 e. The molecule has 0 aromatic heterocycles. The van der Waals surface area contributed by atoms with E-state index in [-0.39, 0.29) is 43.9 Å². The molecule has 0 saturated carbocycles. The highest BCUT2D eigenvalue weighted by Crippen LogP contribution is 2.23. The predicted octanol–water partition coefficient (Wildman–Crippen LogP) is 6.64. The molecule has 4 aromatic carbocycles. The first-order valence-corrected chi connectivity index (χ1v) is 19.4. The number of aliphatic hydroxyl groups is 1. The third-order valence-corrected chi connectivity index (χ3v) is 9.44. The van der Waals surface area contributed by atoms with Gasteiger partial charge >= 0.3 is 12.1 Å². The molecule has 11 nitrogen and oxygen atoms in total. The molecule has 0 fully saturated rings. The number of ketones is 1. The Kier molecular flexibility index (Phi) is 16.1. The lowest BCUT2D eigenvalue weighted by atomic mass is 9.88. The largest absolute Gasteiger partial charge is 0.444 e. The number of hydrogen-bond acceptors (Lipinski definition) is 7. The summed E-state index contributed by atoms with van der Waals surface area (Å²) in [6.45, 7) is 9.23. The Morgan fingerprint density at radius 3 is 1.74 bits per heavy atom. The number of carbonyl (C=O) groups is 5. The molecule has 4 rings (SSSR count). The number of aliphatic hydroxyl groups excluding tert-OH is 1. The number of imide groups is 1. The summed E-state index contributed by atoms with van der Waals surface area (Å²) in [7, 11) is 0. The lowest BCUT2D eigenvalue weighted by molar-refractivity contribution is -0.134. The molecule has 0 spiro atoms. The van der Waals surface area contributed by atoms with Crippen molar-refractivity contribution in [1.82, 2.24) is 15.5 Å². The number of ether oxygens (including phenoxy) is 1. The van der Waals surface area contributed by atoms with Crippen LogP contribution in [0, 0.1) is 11.8 Å². The summed E-state index contributed by atoms with van der Waals surface area (Å²) in [6, 6.07) is 31.4. The van der Waals surface area contributed by atoms with Gasteiger partial charge in [-0.2, -0.15) is 0 Å². The van der Waals surface area contributed by atoms with Crippen molar-refractivity contribution in [2.75, 3.05) is 6.54 Å². The van der Waals surface area contributed by atoms with Gasteiger partial charge in [-0.05, 0) is 69.1 Å². The summed E-state index contributed by atoms with van der Waals surface area (Å²) in [6.07, 6.45) is -1.07. The first-order valence-electron chi connectivity index (χ1n) is 19.4. The third-order valence-electron chi connectivity index (χ3n) is 9.44. The van der Waals surface area contributed by atoms with Gasteiger partial charge in [0.25, 0.3) is 0 Å². The molecule has 0 bridgehead atoms. The monoisotopic (exact) mass is 776 g/mol. The summed E-state index contributed by atoms with van der Waals surface area (Å²) < 4.78 is 5.52. The van der Waals surface area contributed by atoms with Crippen LogP contribution in [0.25, 0.3) is 0 Å². The highest BCUT2D eigenvalue weighted by atomic mass is 16.6. The summed E-state index contributed by atoms with van der Waals surface area (Å²) in [5.74, 6) is -2.26. The molecule has 0 unspecified atom stereocenters. The first-order chi connectivity index (χ1) is 27.1. The molecule has 5 N–H and O–H groups in total. The molecule has 5 amide bonds. The van der Waals surface area contributed by atoms with Gasteiger partial charge in [-0.25, -0.2) is 9.59 Å². The van der Waals surface area contributed by atoms with E-state index in [1.54, 1.807) is 69.3 Å². The van der Waals surface area contributed by atoms with Gasteiger partial charge in [-0.15, -0.1) is 0 Å². The zero-order chi connectivity index (χ0) is 41.5. The second-order valence-electron chi connectivity index (χ2n) is 15.8. The van der Waals surface area contributed by atoms with Crippen molar-refractivity contribution in [3.63, 3.8) is 0 Å². The van der Waals surface area contributed by atoms with Crippen molar-refractivity contribution < 1.29 is 33.8 Å². The van der Waals surface area contributed by atoms with Crippen LogP contribution >= 0.6 is 0 Å². The van der Waals surface area contributed by atoms with Crippen molar-refractivity contribution in [2.24, 2.45) is 17.6 Å². The average molecular weight is 777 g/mol. The number of rotatable bonds is 18. The van der Waals surface area contributed by atoms with E-state index < -0.39 is 53.6 Å². The van der Waals surface area contributed by atoms with Crippen LogP contribution in [0.1, 0.15) is 80.1 Å². The summed E-state index contributed by atoms with van der Waals surface area (Å²) in [4.78, 5) is 68.5. The summed E-state index contributed by atoms with van der Waals surface area (Å²) >= 11 is 0. The van der Waals surface area contributed by atoms with Gasteiger partial charge in [0.05, 0.1) is 12.1 Å². The minimum absolute atomic E-state index is 0.0246. The maximum atomic E-state index is 14.6. The topological polar surface area (TPSA) is 168 Å². The highest BCUT2D eigenvalue weighted by Gasteiger charge is 2.35. The van der Waals surface area contributed by atoms with Crippen LogP contribution in [0.4, 0.5) is 9.59 Å². The Labute approximate surface area is 336 Å². The molecule has 0 radical (unpaired) electrons. The molecular weight excluding hydrogens is 721 g/mol. The lowest BCUT2D eigenvalue weighted by Crippen LogP contribution is -2.54. The van der Waals surface area contributed by atoms with Crippen LogP contribution in [-0.4, -0.2) is 70.1 Å². The molecule has 4 atom stereocenters. The van der Waals surface area contributed by atoms with Crippen LogP contribution in [0.2, 0.25) is 0 Å². The van der Waals surface area contributed by atoms with E-state index in [9.17, 15) is 29.1 Å². The van der Waals surface area contributed by atoms with Gasteiger partial charge in [-0.3, -0.25) is 19.3 Å². The van der Waals surface area contributed by atoms with E-state index in [2.05, 4.69) is 10.6 Å². The Balaban J connectivity index is 1.59. The van der Waals surface area contributed by atoms with Gasteiger partial charge in [-0.1, -0.05) is 129 Å². The number of alkyl carbamates (subject to hydrolysis) is 1. The number of amides is 5. The van der Waals surface area contributed by atoms with Crippen LogP contribution in [0.3, 0.4) is 0 Å². The second kappa shape index (κ2) is 20.9. The number of carbonyl (C=O) groups excluding carboxylic acids is 5. The molecular formula is C46H56N4O7. The maximum Gasteiger partial charge on any atom is 0.407 e. The highest BCUT2D eigenvalue weighted by molar-refractivity contribution is 6.09. The smallest absolute Gasteiger partial charge is 0.407 e. The molecule has 57 heavy (non-hydrogen) atoms. The number of nitrogens with two attached hydrogens (primary N) is 1. The van der Waals surface area contributed by atoms with Crippen molar-refractivity contribution in [3.05, 3.63) is 143 Å². The van der Waals surface area contributed by atoms with Gasteiger partial charge < -0.3 is 26.2 Å². The van der Waals surface area contributed by atoms with E-state index in [1.807, 2.05) is 80.6 Å². The first kappa shape index (κ1) is 43.9. The van der Waals surface area contributed by atoms with Gasteiger partial charge in [0.2, 0.25) is 11.8 Å². The number of urea groups is 1. The van der Waals surface area contributed by atoms with Crippen molar-refractivity contribution in [1.29, 1.82) is 0 Å². The molecule has 0 saturated heterocycles. The van der Waals surface area contributed by atoms with E-state index in [1.165, 1.54) is 0 Å². The van der Waals surface area contributed by atoms with E-state index >= 15 is 0 Å². The molecule has 0 aliphatic carbocycles. The third kappa shape index (κ3) is 14.3. The number of nitrogens with zero attached hydrogens (tertiary/aromatic N) is 1. The summed E-state index contributed by atoms with van der Waals surface area (Å²) in [5, 5.41) is 17.3. The molecule has 0 heterocycles. The zero-order valence-electron chi connectivity index (χ0n) is 33.5. The van der Waals surface area contributed by atoms with E-state index in [0.29, 0.717) is 23.1 Å². The fraction of sp³-hybridized carbons (Fsp3) is 0.370. The lowest BCUT2D eigenvalue weighted by Gasteiger charge is -2.31. The van der Waals surface area contributed by atoms with Gasteiger partial charge in [0.15, 0.2) is 5.78 Å². The fourth-order valence-corrected chi connectivity index (χ4v) is 6.39. The molecule has 4 aromatic rings. The summed E-state index contributed by atoms with van der Waals surface area (Å²) in [5.41, 5.74) is 8.35. The molecule has 0 aliphatic heterocycles. The number of nitrogens with one attached hydrogen (secondary N) is 2. The average Bonchev–Trinajstić information content (AvgIpc) is 3.17. The van der Waals surface area contributed by atoms with Crippen LogP contribution < -0.4 is 16.4 Å². The quantitative estimate of drug-likeness (QED) is 0.0822. The standard InChI is InChI=1S/C46H56N4O7/c1-31(2)25-26-50(44(55)48-39(42(47)53)29-34-21-23-36(24-22-34)41(52)35-19-13-8-14-20-35)43(54)37(27-32-15-9-6-10-16-32)30-40(51)38(28-33-17-11-7-12-18-33)49-45(56)57-46(3,4)5/h6-24,31,37-40,51H,25-30H2,1-5H3,(H2,47,53)(H,48,55)(H,49,56)/t37-,38+,39+,40-/m1/s1. The Hall–Kier alpha value is -5.81. The Morgan fingerprint density at radius 1 is 0.702 bits per heavy atom. The Bertz CT molecular complexity index is 1910. The van der Waals surface area contributed by atoms with Crippen molar-refractivity contribution in [3.8, 4) is 0 Å². The van der Waals surface area contributed by atoms with E-state index in [4.69, 9.17) is 10.5 Å². The maximum absolute atomic E-state index is 14.6. The zero-order valence-corrected chi connectivity index (χ0v) is 33.5. The van der Waals surface area contributed by atoms with E-state index in [0.717, 1.165) is 16.0 Å². The van der Waals surface area contributed by atoms with Crippen molar-refractivity contribution in [2.45, 2.75) is 90.5 Å². The molecule has 302 valence electrons. The molecule has 11 heteroatoms. The molecule has 0 aliphatic rings. The van der Waals surface area contributed by atoms with Crippen LogP contribution in [-0.2, 0) is 33.6 Å². The fourth-order valence-electron chi connectivity index (χ4n) is 6.39. The normalized spacial score (nSPS) is 13.5.